The highest BCUT2D eigenvalue weighted by atomic mass is 32.1. The molecule has 0 radical (unpaired) electrons. The summed E-state index contributed by atoms with van der Waals surface area (Å²) in [6, 6.07) is 8.01. The lowest BCUT2D eigenvalue weighted by molar-refractivity contribution is -0.147. The maximum Gasteiger partial charge on any atom is 0.307 e. The molecule has 0 saturated carbocycles. The largest absolute Gasteiger partial charge is 0.465 e. The van der Waals surface area contributed by atoms with Crippen molar-refractivity contribution in [2.24, 2.45) is 5.41 Å². The quantitative estimate of drug-likeness (QED) is 0.614. The minimum atomic E-state index is -0.397. The number of esters is 1. The van der Waals surface area contributed by atoms with Gasteiger partial charge in [-0.05, 0) is 12.5 Å². The molecule has 1 N–H and O–H groups in total. The first-order valence-corrected chi connectivity index (χ1v) is 10.7. The van der Waals surface area contributed by atoms with Gasteiger partial charge in [0.25, 0.3) is 5.56 Å². The Morgan fingerprint density at radius 1 is 1.30 bits per heavy atom. The molecule has 3 heterocycles. The van der Waals surface area contributed by atoms with Crippen LogP contribution in [0.2, 0.25) is 0 Å². The first-order valence-electron chi connectivity index (χ1n) is 9.81. The molecule has 2 aromatic heterocycles. The Morgan fingerprint density at radius 3 is 2.77 bits per heavy atom. The van der Waals surface area contributed by atoms with E-state index in [0.29, 0.717) is 23.2 Å². The standard InChI is InChI=1S/C22H23N3O4S/c1-14-3-5-15(6-4-14)16-10-30-20-19(16)21(28)25(13-24-20)8-7-18(27)29-12-22(2)9-17(26)23-11-22/h3-6,10,13H,7-9,11-12H2,1-2H3,(H,23,26). The molecule has 1 aromatic carbocycles. The maximum absolute atomic E-state index is 13.0. The predicted octanol–water partition coefficient (Wildman–Crippen LogP) is 2.89. The Balaban J connectivity index is 1.47. The molecule has 1 aliphatic rings. The van der Waals surface area contributed by atoms with Crippen LogP contribution >= 0.6 is 11.3 Å². The van der Waals surface area contributed by atoms with Crippen LogP contribution in [0, 0.1) is 12.3 Å². The van der Waals surface area contributed by atoms with Crippen LogP contribution in [-0.2, 0) is 20.9 Å². The van der Waals surface area contributed by atoms with E-state index in [0.717, 1.165) is 16.7 Å². The summed E-state index contributed by atoms with van der Waals surface area (Å²) in [7, 11) is 0. The van der Waals surface area contributed by atoms with Gasteiger partial charge in [-0.1, -0.05) is 36.8 Å². The summed E-state index contributed by atoms with van der Waals surface area (Å²) in [6.07, 6.45) is 1.89. The van der Waals surface area contributed by atoms with Gasteiger partial charge in [-0.2, -0.15) is 0 Å². The van der Waals surface area contributed by atoms with Crippen molar-refractivity contribution < 1.29 is 14.3 Å². The Bertz CT molecular complexity index is 1170. The minimum Gasteiger partial charge on any atom is -0.465 e. The van der Waals surface area contributed by atoms with E-state index in [2.05, 4.69) is 10.3 Å². The molecule has 156 valence electrons. The summed E-state index contributed by atoms with van der Waals surface area (Å²) in [5, 5.41) is 5.27. The molecule has 0 aliphatic carbocycles. The monoisotopic (exact) mass is 425 g/mol. The molecular formula is C22H23N3O4S. The second kappa shape index (κ2) is 8.02. The molecule has 1 saturated heterocycles. The van der Waals surface area contributed by atoms with Crippen LogP contribution in [-0.4, -0.2) is 34.6 Å². The third-order valence-electron chi connectivity index (χ3n) is 5.36. The first kappa shape index (κ1) is 20.3. The average Bonchev–Trinajstić information content (AvgIpc) is 3.30. The van der Waals surface area contributed by atoms with Crippen molar-refractivity contribution in [1.29, 1.82) is 0 Å². The number of nitrogens with one attached hydrogen (secondary N) is 1. The third-order valence-corrected chi connectivity index (χ3v) is 6.25. The summed E-state index contributed by atoms with van der Waals surface area (Å²) in [6.45, 7) is 4.80. The second-order valence-electron chi connectivity index (χ2n) is 8.11. The summed E-state index contributed by atoms with van der Waals surface area (Å²) in [4.78, 5) is 41.7. The fourth-order valence-electron chi connectivity index (χ4n) is 3.54. The van der Waals surface area contributed by atoms with Gasteiger partial charge in [0.05, 0.1) is 24.7 Å². The number of aromatic nitrogens is 2. The molecule has 1 amide bonds. The van der Waals surface area contributed by atoms with Crippen LogP contribution in [0.3, 0.4) is 0 Å². The van der Waals surface area contributed by atoms with Gasteiger partial charge >= 0.3 is 5.97 Å². The molecule has 7 nitrogen and oxygen atoms in total. The molecule has 3 aromatic rings. The van der Waals surface area contributed by atoms with Crippen LogP contribution in [0.15, 0.2) is 40.8 Å². The van der Waals surface area contributed by atoms with Crippen molar-refractivity contribution >= 4 is 33.4 Å². The summed E-state index contributed by atoms with van der Waals surface area (Å²) in [5.74, 6) is -0.425. The van der Waals surface area contributed by atoms with E-state index >= 15 is 0 Å². The van der Waals surface area contributed by atoms with Crippen molar-refractivity contribution in [2.75, 3.05) is 13.2 Å². The van der Waals surface area contributed by atoms with Gasteiger partial charge in [-0.15, -0.1) is 11.3 Å². The number of carbonyl (C=O) groups is 2. The molecule has 1 fully saturated rings. The molecule has 0 bridgehead atoms. The zero-order chi connectivity index (χ0) is 21.3. The van der Waals surface area contributed by atoms with Crippen molar-refractivity contribution in [3.8, 4) is 11.1 Å². The highest BCUT2D eigenvalue weighted by Gasteiger charge is 2.35. The van der Waals surface area contributed by atoms with E-state index < -0.39 is 5.97 Å². The molecule has 1 aliphatic heterocycles. The Labute approximate surface area is 177 Å². The van der Waals surface area contributed by atoms with Crippen LogP contribution in [0.4, 0.5) is 0 Å². The number of rotatable bonds is 6. The number of aryl methyl sites for hydroxylation is 2. The zero-order valence-corrected chi connectivity index (χ0v) is 17.8. The van der Waals surface area contributed by atoms with E-state index in [-0.39, 0.29) is 36.5 Å². The zero-order valence-electron chi connectivity index (χ0n) is 16.9. The summed E-state index contributed by atoms with van der Waals surface area (Å²) >= 11 is 1.43. The van der Waals surface area contributed by atoms with E-state index in [1.807, 2.05) is 43.5 Å². The summed E-state index contributed by atoms with van der Waals surface area (Å²) in [5.41, 5.74) is 2.44. The average molecular weight is 426 g/mol. The Kier molecular flexibility index (Phi) is 5.42. The van der Waals surface area contributed by atoms with Crippen molar-refractivity contribution in [1.82, 2.24) is 14.9 Å². The van der Waals surface area contributed by atoms with Crippen LogP contribution in [0.5, 0.6) is 0 Å². The number of hydrogen-bond acceptors (Lipinski definition) is 6. The number of thiophene rings is 1. The summed E-state index contributed by atoms with van der Waals surface area (Å²) < 4.78 is 6.81. The SMILES string of the molecule is Cc1ccc(-c2csc3ncn(CCC(=O)OCC4(C)CNC(=O)C4)c(=O)c23)cc1. The van der Waals surface area contributed by atoms with Gasteiger partial charge in [0, 0.05) is 35.9 Å². The van der Waals surface area contributed by atoms with Crippen molar-refractivity contribution in [2.45, 2.75) is 33.2 Å². The number of hydrogen-bond donors (Lipinski definition) is 1. The Hall–Kier alpha value is -3.00. The number of carbonyl (C=O) groups excluding carboxylic acids is 2. The van der Waals surface area contributed by atoms with Crippen molar-refractivity contribution in [3.63, 3.8) is 0 Å². The lowest BCUT2D eigenvalue weighted by Gasteiger charge is -2.20. The molecule has 8 heteroatoms. The number of amides is 1. The van der Waals surface area contributed by atoms with Crippen LogP contribution in [0.25, 0.3) is 21.3 Å². The molecular weight excluding hydrogens is 402 g/mol. The predicted molar refractivity (Wildman–Crippen MR) is 115 cm³/mol. The maximum atomic E-state index is 13.0. The number of ether oxygens (including phenoxy) is 1. The molecule has 30 heavy (non-hydrogen) atoms. The van der Waals surface area contributed by atoms with Gasteiger partial charge in [0.1, 0.15) is 4.83 Å². The number of fused-ring (bicyclic) bond motifs is 1. The van der Waals surface area contributed by atoms with Crippen molar-refractivity contribution in [3.05, 3.63) is 51.9 Å². The second-order valence-corrected chi connectivity index (χ2v) is 8.97. The Morgan fingerprint density at radius 2 is 2.07 bits per heavy atom. The van der Waals surface area contributed by atoms with E-state index in [9.17, 15) is 14.4 Å². The van der Waals surface area contributed by atoms with Gasteiger partial charge in [-0.25, -0.2) is 4.98 Å². The van der Waals surface area contributed by atoms with Gasteiger partial charge in [0.15, 0.2) is 0 Å². The molecule has 0 spiro atoms. The lowest BCUT2D eigenvalue weighted by Crippen LogP contribution is -2.28. The minimum absolute atomic E-state index is 0.0281. The fourth-order valence-corrected chi connectivity index (χ4v) is 4.44. The smallest absolute Gasteiger partial charge is 0.307 e. The number of nitrogens with zero attached hydrogens (tertiary/aromatic N) is 2. The first-order chi connectivity index (χ1) is 14.3. The van der Waals surface area contributed by atoms with E-state index in [1.165, 1.54) is 22.2 Å². The topological polar surface area (TPSA) is 90.3 Å². The lowest BCUT2D eigenvalue weighted by atomic mass is 9.91. The van der Waals surface area contributed by atoms with Gasteiger partial charge in [-0.3, -0.25) is 19.0 Å². The molecule has 1 atom stereocenters. The fraction of sp³-hybridized carbons (Fsp3) is 0.364. The van der Waals surface area contributed by atoms with E-state index in [1.54, 1.807) is 0 Å². The van der Waals surface area contributed by atoms with Gasteiger partial charge in [0.2, 0.25) is 5.91 Å². The molecule has 1 unspecified atom stereocenters. The highest BCUT2D eigenvalue weighted by Crippen LogP contribution is 2.30. The highest BCUT2D eigenvalue weighted by molar-refractivity contribution is 7.17. The third kappa shape index (κ3) is 4.14. The van der Waals surface area contributed by atoms with Crippen LogP contribution in [0.1, 0.15) is 25.3 Å². The number of benzene rings is 1. The van der Waals surface area contributed by atoms with Crippen LogP contribution < -0.4 is 10.9 Å². The normalized spacial score (nSPS) is 18.5. The van der Waals surface area contributed by atoms with Gasteiger partial charge < -0.3 is 10.1 Å². The molecule has 4 rings (SSSR count). The van der Waals surface area contributed by atoms with E-state index in [4.69, 9.17) is 4.74 Å².